The van der Waals surface area contributed by atoms with Crippen LogP contribution in [0.4, 0.5) is 5.69 Å². The van der Waals surface area contributed by atoms with Crippen molar-refractivity contribution in [3.8, 4) is 0 Å². The third kappa shape index (κ3) is 6.13. The lowest BCUT2D eigenvalue weighted by atomic mass is 10.2. The maximum atomic E-state index is 12.4. The Bertz CT molecular complexity index is 1240. The fraction of sp³-hybridized carbons (Fsp3) is 0.150. The molecule has 31 heavy (non-hydrogen) atoms. The van der Waals surface area contributed by atoms with E-state index in [-0.39, 0.29) is 17.4 Å². The van der Waals surface area contributed by atoms with E-state index in [1.54, 1.807) is 0 Å². The van der Waals surface area contributed by atoms with Crippen molar-refractivity contribution >= 4 is 89.7 Å². The van der Waals surface area contributed by atoms with Crippen molar-refractivity contribution in [1.29, 1.82) is 0 Å². The Balaban J connectivity index is 1.34. The lowest BCUT2D eigenvalue weighted by molar-refractivity contribution is -0.113. The number of fused-ring (bicyclic) bond motifs is 1. The number of hydrogen-bond donors (Lipinski definition) is 1. The molecule has 0 atom stereocenters. The lowest BCUT2D eigenvalue weighted by Crippen LogP contribution is -2.13. The van der Waals surface area contributed by atoms with E-state index in [9.17, 15) is 9.59 Å². The lowest BCUT2D eigenvalue weighted by Gasteiger charge is -2.03. The van der Waals surface area contributed by atoms with Crippen molar-refractivity contribution in [2.75, 3.05) is 16.8 Å². The van der Waals surface area contributed by atoms with Crippen LogP contribution in [0.25, 0.3) is 10.2 Å². The van der Waals surface area contributed by atoms with Gasteiger partial charge in [0, 0.05) is 15.7 Å². The van der Waals surface area contributed by atoms with Gasteiger partial charge in [0.1, 0.15) is 5.01 Å². The fourth-order valence-corrected chi connectivity index (χ4v) is 6.43. The summed E-state index contributed by atoms with van der Waals surface area (Å²) in [4.78, 5) is 29.2. The highest BCUT2D eigenvalue weighted by Gasteiger charge is 2.12. The van der Waals surface area contributed by atoms with Crippen molar-refractivity contribution in [1.82, 2.24) is 15.2 Å². The van der Waals surface area contributed by atoms with Crippen LogP contribution in [0.15, 0.2) is 55.6 Å². The number of aryl methyl sites for hydroxylation is 1. The third-order valence-corrected chi connectivity index (χ3v) is 8.64. The van der Waals surface area contributed by atoms with Gasteiger partial charge < -0.3 is 5.32 Å². The Kier molecular flexibility index (Phi) is 7.39. The molecule has 158 valence electrons. The first-order valence-corrected chi connectivity index (χ1v) is 13.4. The summed E-state index contributed by atoms with van der Waals surface area (Å²) < 4.78 is 3.51. The number of amides is 1. The average molecular weight is 552 g/mol. The number of benzene rings is 2. The highest BCUT2D eigenvalue weighted by molar-refractivity contribution is 9.10. The molecule has 0 aliphatic carbocycles. The van der Waals surface area contributed by atoms with Crippen LogP contribution in [0.2, 0.25) is 0 Å². The highest BCUT2D eigenvalue weighted by Crippen LogP contribution is 2.32. The smallest absolute Gasteiger partial charge is 0.234 e. The number of ketones is 1. The van der Waals surface area contributed by atoms with Gasteiger partial charge in [0.2, 0.25) is 5.91 Å². The number of carbonyl (C=O) groups excluding carboxylic acids is 2. The van der Waals surface area contributed by atoms with Crippen LogP contribution in [-0.2, 0) is 4.79 Å². The van der Waals surface area contributed by atoms with E-state index in [4.69, 9.17) is 0 Å². The number of thioether (sulfide) groups is 2. The molecule has 4 aromatic rings. The summed E-state index contributed by atoms with van der Waals surface area (Å²) in [5, 5.41) is 11.7. The number of rotatable bonds is 8. The summed E-state index contributed by atoms with van der Waals surface area (Å²) in [5.74, 6) is 0.561. The van der Waals surface area contributed by atoms with Gasteiger partial charge in [-0.1, -0.05) is 62.9 Å². The minimum atomic E-state index is -0.101. The zero-order valence-corrected chi connectivity index (χ0v) is 21.0. The van der Waals surface area contributed by atoms with Gasteiger partial charge in [0.15, 0.2) is 14.5 Å². The zero-order valence-electron chi connectivity index (χ0n) is 16.1. The second-order valence-corrected chi connectivity index (χ2v) is 11.9. The quantitative estimate of drug-likeness (QED) is 0.215. The summed E-state index contributed by atoms with van der Waals surface area (Å²) >= 11 is 9.15. The van der Waals surface area contributed by atoms with Crippen LogP contribution in [0.3, 0.4) is 0 Å². The van der Waals surface area contributed by atoms with Crippen molar-refractivity contribution in [2.45, 2.75) is 15.6 Å². The van der Waals surface area contributed by atoms with E-state index in [1.807, 2.05) is 49.4 Å². The number of Topliss-reactive ketones (excluding diaryl/α,β-unsaturated/α-hetero) is 1. The molecule has 2 aromatic heterocycles. The number of thiazole rings is 1. The summed E-state index contributed by atoms with van der Waals surface area (Å²) in [6, 6.07) is 13.0. The molecule has 0 fully saturated rings. The molecular formula is C20H15BrN4O2S4. The maximum Gasteiger partial charge on any atom is 0.234 e. The summed E-state index contributed by atoms with van der Waals surface area (Å²) in [6.45, 7) is 1.88. The van der Waals surface area contributed by atoms with Crippen LogP contribution < -0.4 is 5.32 Å². The normalized spacial score (nSPS) is 11.0. The number of carbonyl (C=O) groups is 2. The first-order chi connectivity index (χ1) is 15.0. The average Bonchev–Trinajstić information content (AvgIpc) is 3.36. The van der Waals surface area contributed by atoms with E-state index in [2.05, 4.69) is 36.4 Å². The molecule has 0 bridgehead atoms. The molecule has 1 amide bonds. The van der Waals surface area contributed by atoms with Gasteiger partial charge >= 0.3 is 0 Å². The van der Waals surface area contributed by atoms with E-state index >= 15 is 0 Å². The number of nitrogens with zero attached hydrogens (tertiary/aromatic N) is 3. The highest BCUT2D eigenvalue weighted by atomic mass is 79.9. The first kappa shape index (κ1) is 22.4. The van der Waals surface area contributed by atoms with Gasteiger partial charge in [-0.25, -0.2) is 4.98 Å². The summed E-state index contributed by atoms with van der Waals surface area (Å²) in [5.41, 5.74) is 2.25. The molecule has 2 aromatic carbocycles. The van der Waals surface area contributed by atoms with E-state index < -0.39 is 0 Å². The second-order valence-electron chi connectivity index (χ2n) is 6.30. The molecule has 0 spiro atoms. The Labute approximate surface area is 203 Å². The molecule has 0 aliphatic rings. The van der Waals surface area contributed by atoms with Gasteiger partial charge in [-0.15, -0.1) is 21.5 Å². The minimum absolute atomic E-state index is 0.0628. The summed E-state index contributed by atoms with van der Waals surface area (Å²) in [7, 11) is 0. The number of hydrogen-bond acceptors (Lipinski definition) is 9. The third-order valence-electron chi connectivity index (χ3n) is 3.98. The molecule has 0 saturated heterocycles. The molecule has 0 aliphatic heterocycles. The Morgan fingerprint density at radius 1 is 1.00 bits per heavy atom. The largest absolute Gasteiger partial charge is 0.325 e. The van der Waals surface area contributed by atoms with Gasteiger partial charge in [-0.3, -0.25) is 9.59 Å². The fourth-order valence-electron chi connectivity index (χ4n) is 2.55. The predicted molar refractivity (Wildman–Crippen MR) is 133 cm³/mol. The van der Waals surface area contributed by atoms with Crippen LogP contribution in [0, 0.1) is 6.92 Å². The van der Waals surface area contributed by atoms with E-state index in [0.29, 0.717) is 11.3 Å². The molecule has 4 rings (SSSR count). The molecular weight excluding hydrogens is 536 g/mol. The molecule has 0 saturated carbocycles. The van der Waals surface area contributed by atoms with Gasteiger partial charge in [0.25, 0.3) is 0 Å². The van der Waals surface area contributed by atoms with Crippen molar-refractivity contribution < 1.29 is 9.59 Å². The molecule has 6 nitrogen and oxygen atoms in total. The predicted octanol–water partition coefficient (Wildman–Crippen LogP) is 5.92. The Morgan fingerprint density at radius 2 is 1.77 bits per heavy atom. The van der Waals surface area contributed by atoms with Gasteiger partial charge in [-0.2, -0.15) is 0 Å². The second kappa shape index (κ2) is 10.2. The molecule has 11 heteroatoms. The summed E-state index contributed by atoms with van der Waals surface area (Å²) in [6.07, 6.45) is 0. The number of halogens is 1. The van der Waals surface area contributed by atoms with Crippen molar-refractivity contribution in [3.63, 3.8) is 0 Å². The van der Waals surface area contributed by atoms with E-state index in [1.165, 1.54) is 46.2 Å². The monoisotopic (exact) mass is 550 g/mol. The number of nitrogens with one attached hydrogen (secondary N) is 1. The van der Waals surface area contributed by atoms with E-state index in [0.717, 1.165) is 34.1 Å². The SMILES string of the molecule is Cc1nnc(SCC(=O)Nc2ccc3nc(SCC(=O)c4ccc(Br)cc4)sc3c2)s1. The van der Waals surface area contributed by atoms with Crippen LogP contribution in [-0.4, -0.2) is 38.4 Å². The van der Waals surface area contributed by atoms with Crippen molar-refractivity contribution in [3.05, 3.63) is 57.5 Å². The Morgan fingerprint density at radius 3 is 2.52 bits per heavy atom. The topological polar surface area (TPSA) is 84.8 Å². The standard InChI is InChI=1S/C20H15BrN4O2S4/c1-11-24-25-20(30-11)29-10-18(27)22-14-6-7-15-17(8-14)31-19(23-15)28-9-16(26)12-2-4-13(21)5-3-12/h2-8H,9-10H2,1H3,(H,22,27). The molecule has 2 heterocycles. The van der Waals surface area contributed by atoms with Crippen LogP contribution in [0.1, 0.15) is 15.4 Å². The molecule has 1 N–H and O–H groups in total. The zero-order chi connectivity index (χ0) is 21.8. The van der Waals surface area contributed by atoms with Crippen LogP contribution in [0.5, 0.6) is 0 Å². The Hall–Kier alpha value is -1.79. The molecule has 0 radical (unpaired) electrons. The number of aromatic nitrogens is 3. The van der Waals surface area contributed by atoms with Gasteiger partial charge in [0.05, 0.1) is 21.7 Å². The molecule has 0 unspecified atom stereocenters. The minimum Gasteiger partial charge on any atom is -0.325 e. The number of anilines is 1. The first-order valence-electron chi connectivity index (χ1n) is 9.01. The van der Waals surface area contributed by atoms with Gasteiger partial charge in [-0.05, 0) is 37.3 Å². The van der Waals surface area contributed by atoms with Crippen LogP contribution >= 0.6 is 62.1 Å². The van der Waals surface area contributed by atoms with Crippen molar-refractivity contribution in [2.24, 2.45) is 0 Å². The maximum absolute atomic E-state index is 12.4.